The third kappa shape index (κ3) is 13.3. The largest absolute Gasteiger partial charge is 0.391 e. The van der Waals surface area contributed by atoms with Crippen molar-refractivity contribution in [1.29, 1.82) is 0 Å². The van der Waals surface area contributed by atoms with Gasteiger partial charge in [-0.1, -0.05) is 99.9 Å². The molecular weight excluding hydrogens is 1200 g/mol. The van der Waals surface area contributed by atoms with Gasteiger partial charge < -0.3 is 30.4 Å². The number of likely N-dealkylation sites (tertiary alicyclic amines) is 1. The summed E-state index contributed by atoms with van der Waals surface area (Å²) in [5, 5.41) is 25.0. The molecule has 20 nitrogen and oxygen atoms in total. The zero-order valence-electron chi connectivity index (χ0n) is 51.1. The summed E-state index contributed by atoms with van der Waals surface area (Å²) < 4.78 is 33.9. The molecule has 0 unspecified atom stereocenters. The van der Waals surface area contributed by atoms with Crippen LogP contribution in [0, 0.1) is 31.1 Å². The lowest BCUT2D eigenvalue weighted by Crippen LogP contribution is -2.58. The number of nitrogens with one attached hydrogen (secondary N) is 4. The highest BCUT2D eigenvalue weighted by molar-refractivity contribution is 7.90. The molecule has 468 valence electrons. The number of aromatic nitrogens is 5. The second-order valence-electron chi connectivity index (χ2n) is 25.2. The van der Waals surface area contributed by atoms with Crippen molar-refractivity contribution >= 4 is 89.1 Å². The zero-order chi connectivity index (χ0) is 63.0. The molecule has 4 atom stereocenters. The molecule has 7 heterocycles. The van der Waals surface area contributed by atoms with E-state index >= 15 is 0 Å². The minimum Gasteiger partial charge on any atom is -0.391 e. The van der Waals surface area contributed by atoms with E-state index in [1.54, 1.807) is 47.3 Å². The lowest BCUT2D eigenvalue weighted by Gasteiger charge is -2.36. The van der Waals surface area contributed by atoms with Crippen LogP contribution in [0.1, 0.15) is 115 Å². The molecule has 0 bridgehead atoms. The molecule has 4 aromatic heterocycles. The van der Waals surface area contributed by atoms with Gasteiger partial charge >= 0.3 is 0 Å². The Morgan fingerprint density at radius 1 is 0.800 bits per heavy atom. The zero-order valence-corrected chi connectivity index (χ0v) is 53.5. The van der Waals surface area contributed by atoms with Gasteiger partial charge in [0, 0.05) is 80.3 Å². The quantitative estimate of drug-likeness (QED) is 0.0569. The first-order valence-corrected chi connectivity index (χ1v) is 34.0. The molecule has 0 spiro atoms. The molecule has 12 rings (SSSR count). The number of rotatable bonds is 17. The van der Waals surface area contributed by atoms with Gasteiger partial charge in [0.05, 0.1) is 49.4 Å². The van der Waals surface area contributed by atoms with Crippen LogP contribution >= 0.6 is 22.7 Å². The number of anilines is 3. The molecule has 0 radical (unpaired) electrons. The average Bonchev–Trinajstić information content (AvgIpc) is 1.22. The summed E-state index contributed by atoms with van der Waals surface area (Å²) in [4.78, 5) is 91.2. The summed E-state index contributed by atoms with van der Waals surface area (Å²) in [6, 6.07) is 29.0. The van der Waals surface area contributed by atoms with E-state index in [4.69, 9.17) is 10.1 Å². The van der Waals surface area contributed by atoms with Crippen LogP contribution in [-0.4, -0.2) is 117 Å². The number of benzene rings is 4. The maximum atomic E-state index is 14.7. The van der Waals surface area contributed by atoms with Crippen molar-refractivity contribution in [3.63, 3.8) is 0 Å². The number of carbonyl (C=O) groups is 5. The number of sulfonamides is 1. The molecule has 23 heteroatoms. The molecule has 4 aromatic carbocycles. The maximum absolute atomic E-state index is 14.7. The average molecular weight is 1270 g/mol. The molecule has 2 saturated heterocycles. The van der Waals surface area contributed by atoms with Crippen LogP contribution in [0.4, 0.5) is 16.6 Å². The number of thiazole rings is 2. The van der Waals surface area contributed by atoms with Gasteiger partial charge in [0.25, 0.3) is 21.8 Å². The van der Waals surface area contributed by atoms with Crippen molar-refractivity contribution in [2.45, 2.75) is 129 Å². The van der Waals surface area contributed by atoms with Crippen LogP contribution in [0.25, 0.3) is 31.8 Å². The highest BCUT2D eigenvalue weighted by Gasteiger charge is 2.45. The minimum atomic E-state index is -4.49. The number of aliphatic hydroxyl groups excluding tert-OH is 1. The number of hydrogen-bond donors (Lipinski definition) is 5. The molecule has 3 fully saturated rings. The molecule has 3 aliphatic heterocycles. The first-order chi connectivity index (χ1) is 43.2. The predicted molar refractivity (Wildman–Crippen MR) is 349 cm³/mol. The highest BCUT2D eigenvalue weighted by atomic mass is 32.2. The number of aryl methyl sites for hydroxylation is 1. The number of para-hydroxylation sites is 1. The summed E-state index contributed by atoms with van der Waals surface area (Å²) in [6.45, 7) is 11.9. The van der Waals surface area contributed by atoms with E-state index < -0.39 is 57.3 Å². The third-order valence-corrected chi connectivity index (χ3v) is 21.3. The normalized spacial score (nSPS) is 18.3. The van der Waals surface area contributed by atoms with Crippen molar-refractivity contribution < 1.29 is 37.5 Å². The van der Waals surface area contributed by atoms with Gasteiger partial charge in [0.1, 0.15) is 23.6 Å². The first-order valence-electron chi connectivity index (χ1n) is 30.8. The standard InChI is InChI=1S/C67H74N12O8S3/c1-40-59(88-39-69-40)45-20-18-42(19-21-45)33-68-63(83)55-32-48(80)37-78(55)65(85)60(67(3,4)5)73-61(81)46-29-30-76(36-46)47-22-24-49(25-23-47)90(86,87)75-64(84)58-50(52-34-70-79(41(52)2)35-43-12-7-6-8-13-43)26-27-57(72-58)77-31-28-44-14-11-15-51(53(44)38-77)62(82)74-66-71-54-16-9-10-17-56(54)89-66/h9-11,14-27,34,39,43,46,48,55,60,80H,6-8,12-13,28-33,35-38H2,1-5H3,(H,68,83)(H,73,81)(H,75,84)(H,71,74,82)/t46-,48-,55+,60-/m1/s1. The molecule has 5 amide bonds. The Morgan fingerprint density at radius 3 is 2.32 bits per heavy atom. The summed E-state index contributed by atoms with van der Waals surface area (Å²) in [7, 11) is -4.49. The van der Waals surface area contributed by atoms with Crippen LogP contribution in [0.5, 0.6) is 0 Å². The van der Waals surface area contributed by atoms with E-state index in [1.165, 1.54) is 47.6 Å². The monoisotopic (exact) mass is 1270 g/mol. The molecule has 5 N–H and O–H groups in total. The Labute approximate surface area is 531 Å². The smallest absolute Gasteiger partial charge is 0.284 e. The Bertz CT molecular complexity index is 4100. The molecule has 4 aliphatic rings. The van der Waals surface area contributed by atoms with E-state index in [1.807, 2.05) is 116 Å². The van der Waals surface area contributed by atoms with Gasteiger partial charge in [-0.2, -0.15) is 5.10 Å². The van der Waals surface area contributed by atoms with Gasteiger partial charge in [-0.25, -0.2) is 28.1 Å². The lowest BCUT2D eigenvalue weighted by atomic mass is 9.85. The summed E-state index contributed by atoms with van der Waals surface area (Å²) in [6.07, 6.45) is 7.69. The summed E-state index contributed by atoms with van der Waals surface area (Å²) >= 11 is 2.96. The second kappa shape index (κ2) is 25.8. The van der Waals surface area contributed by atoms with Crippen LogP contribution in [0.3, 0.4) is 0 Å². The maximum Gasteiger partial charge on any atom is 0.284 e. The summed E-state index contributed by atoms with van der Waals surface area (Å²) in [5.41, 5.74) is 9.47. The van der Waals surface area contributed by atoms with Crippen molar-refractivity contribution in [2.24, 2.45) is 17.3 Å². The fraction of sp³-hybridized carbons (Fsp3) is 0.388. The summed E-state index contributed by atoms with van der Waals surface area (Å²) in [5.74, 6) is -2.04. The number of hydrogen-bond acceptors (Lipinski definition) is 16. The van der Waals surface area contributed by atoms with E-state index in [0.29, 0.717) is 71.7 Å². The SMILES string of the molecule is Cc1ncsc1-c1ccc(CNC(=O)[C@@H]2C[C@@H](O)CN2C(=O)[C@@H](NC(=O)[C@@H]2CCN(c3ccc(S(=O)(=O)NC(=O)c4nc(N5CCc6cccc(C(=O)Nc7nc8ccccc8s7)c6C5)ccc4-c4cnn(CC5CCCCC5)c4C)cc3)C2)C(C)(C)C)cc1. The fourth-order valence-corrected chi connectivity index (χ4v) is 15.5. The Balaban J connectivity index is 0.716. The van der Waals surface area contributed by atoms with E-state index in [9.17, 15) is 37.5 Å². The topological polar surface area (TPSA) is 254 Å². The van der Waals surface area contributed by atoms with E-state index in [2.05, 4.69) is 30.6 Å². The third-order valence-electron chi connectivity index (χ3n) is 18.0. The molecular formula is C67H74N12O8S3. The van der Waals surface area contributed by atoms with Crippen molar-refractivity contribution in [3.8, 4) is 21.6 Å². The molecule has 90 heavy (non-hydrogen) atoms. The molecule has 1 aliphatic carbocycles. The number of pyridine rings is 1. The predicted octanol–water partition coefficient (Wildman–Crippen LogP) is 9.44. The van der Waals surface area contributed by atoms with Crippen molar-refractivity contribution in [1.82, 2.24) is 45.0 Å². The van der Waals surface area contributed by atoms with Crippen LogP contribution in [0.15, 0.2) is 120 Å². The number of amides is 5. The number of aliphatic hydroxyl groups is 1. The van der Waals surface area contributed by atoms with Crippen LogP contribution in [0.2, 0.25) is 0 Å². The second-order valence-corrected chi connectivity index (χ2v) is 28.8. The van der Waals surface area contributed by atoms with Gasteiger partial charge in [-0.05, 0) is 128 Å². The number of nitrogens with zero attached hydrogens (tertiary/aromatic N) is 8. The Hall–Kier alpha value is -8.38. The lowest BCUT2D eigenvalue weighted by molar-refractivity contribution is -0.144. The van der Waals surface area contributed by atoms with Gasteiger partial charge in [-0.3, -0.25) is 34.0 Å². The van der Waals surface area contributed by atoms with Crippen molar-refractivity contribution in [3.05, 3.63) is 154 Å². The number of β-amino-alcohol motifs (C(OH)–C–C–N with tert-alkyl or cyclic N) is 1. The fourth-order valence-electron chi connectivity index (χ4n) is 12.9. The molecule has 1 saturated carbocycles. The number of fused-ring (bicyclic) bond motifs is 2. The van der Waals surface area contributed by atoms with E-state index in [0.717, 1.165) is 68.1 Å². The van der Waals surface area contributed by atoms with Gasteiger partial charge in [-0.15, -0.1) is 11.3 Å². The highest BCUT2D eigenvalue weighted by Crippen LogP contribution is 2.36. The Kier molecular flexibility index (Phi) is 17.8. The van der Waals surface area contributed by atoms with Gasteiger partial charge in [0.15, 0.2) is 5.13 Å². The first kappa shape index (κ1) is 61.8. The van der Waals surface area contributed by atoms with Gasteiger partial charge in [0.2, 0.25) is 17.7 Å². The van der Waals surface area contributed by atoms with Crippen molar-refractivity contribution in [2.75, 3.05) is 41.3 Å². The van der Waals surface area contributed by atoms with E-state index in [-0.39, 0.29) is 48.5 Å². The Morgan fingerprint density at radius 2 is 1.58 bits per heavy atom. The van der Waals surface area contributed by atoms with Crippen LogP contribution in [-0.2, 0) is 50.5 Å². The molecule has 8 aromatic rings. The number of carbonyl (C=O) groups excluding carboxylic acids is 5. The van der Waals surface area contributed by atoms with Crippen LogP contribution < -0.4 is 30.5 Å². The minimum absolute atomic E-state index is 0.0562.